The summed E-state index contributed by atoms with van der Waals surface area (Å²) in [6, 6.07) is 8.29. The van der Waals surface area contributed by atoms with Crippen LogP contribution in [0.5, 0.6) is 0 Å². The quantitative estimate of drug-likeness (QED) is 0.677. The second kappa shape index (κ2) is 6.77. The van der Waals surface area contributed by atoms with E-state index in [1.165, 1.54) is 11.0 Å². The van der Waals surface area contributed by atoms with Gasteiger partial charge in [-0.25, -0.2) is 4.79 Å². The van der Waals surface area contributed by atoms with E-state index in [0.29, 0.717) is 24.5 Å². The molecule has 0 atom stereocenters. The molecule has 0 unspecified atom stereocenters. The predicted octanol–water partition coefficient (Wildman–Crippen LogP) is 5.60. The van der Waals surface area contributed by atoms with Crippen LogP contribution >= 0.6 is 23.2 Å². The average Bonchev–Trinajstić information content (AvgIpc) is 2.55. The zero-order valence-corrected chi connectivity index (χ0v) is 14.3. The van der Waals surface area contributed by atoms with Gasteiger partial charge in [0, 0.05) is 23.8 Å². The minimum absolute atomic E-state index is 0.0450. The minimum atomic E-state index is -4.58. The van der Waals surface area contributed by atoms with E-state index in [1.54, 1.807) is 6.07 Å². The Morgan fingerprint density at radius 1 is 1.08 bits per heavy atom. The molecule has 1 heterocycles. The van der Waals surface area contributed by atoms with Gasteiger partial charge in [0.1, 0.15) is 0 Å². The summed E-state index contributed by atoms with van der Waals surface area (Å²) in [5.74, 6) is 0. The Bertz CT molecular complexity index is 824. The first kappa shape index (κ1) is 17.9. The van der Waals surface area contributed by atoms with Gasteiger partial charge in [0.15, 0.2) is 0 Å². The monoisotopic (exact) mass is 388 g/mol. The molecule has 1 aliphatic rings. The number of amides is 2. The van der Waals surface area contributed by atoms with Gasteiger partial charge in [0.05, 0.1) is 10.6 Å². The van der Waals surface area contributed by atoms with Gasteiger partial charge in [-0.3, -0.25) is 0 Å². The largest absolute Gasteiger partial charge is 0.417 e. The number of fused-ring (bicyclic) bond motifs is 1. The molecular weight excluding hydrogens is 376 g/mol. The Hall–Kier alpha value is -1.92. The van der Waals surface area contributed by atoms with Crippen molar-refractivity contribution in [3.05, 3.63) is 63.1 Å². The first-order valence-electron chi connectivity index (χ1n) is 7.44. The van der Waals surface area contributed by atoms with E-state index in [-0.39, 0.29) is 5.69 Å². The second-order valence-electron chi connectivity index (χ2n) is 5.71. The number of alkyl halides is 3. The second-order valence-corrected chi connectivity index (χ2v) is 6.55. The zero-order valence-electron chi connectivity index (χ0n) is 12.8. The van der Waals surface area contributed by atoms with Gasteiger partial charge in [-0.05, 0) is 47.9 Å². The summed E-state index contributed by atoms with van der Waals surface area (Å²) in [7, 11) is 0. The van der Waals surface area contributed by atoms with Crippen LogP contribution in [-0.4, -0.2) is 17.5 Å². The Morgan fingerprint density at radius 2 is 1.84 bits per heavy atom. The maximum Gasteiger partial charge on any atom is 0.417 e. The van der Waals surface area contributed by atoms with Gasteiger partial charge in [-0.15, -0.1) is 0 Å². The lowest BCUT2D eigenvalue weighted by molar-refractivity contribution is -0.137. The van der Waals surface area contributed by atoms with Crippen LogP contribution in [0.15, 0.2) is 36.4 Å². The van der Waals surface area contributed by atoms with E-state index in [4.69, 9.17) is 23.2 Å². The van der Waals surface area contributed by atoms with E-state index in [0.717, 1.165) is 23.3 Å². The van der Waals surface area contributed by atoms with Crippen LogP contribution in [0.1, 0.15) is 16.7 Å². The van der Waals surface area contributed by atoms with Crippen molar-refractivity contribution in [2.24, 2.45) is 0 Å². The van der Waals surface area contributed by atoms with E-state index >= 15 is 0 Å². The smallest absolute Gasteiger partial charge is 0.320 e. The van der Waals surface area contributed by atoms with Crippen LogP contribution in [-0.2, 0) is 19.1 Å². The molecule has 1 N–H and O–H groups in total. The Kier molecular flexibility index (Phi) is 4.84. The van der Waals surface area contributed by atoms with Crippen molar-refractivity contribution in [3.8, 4) is 0 Å². The molecule has 2 aromatic rings. The normalized spacial score (nSPS) is 14.2. The van der Waals surface area contributed by atoms with Crippen LogP contribution in [0, 0.1) is 0 Å². The van der Waals surface area contributed by atoms with Crippen molar-refractivity contribution in [1.29, 1.82) is 0 Å². The molecule has 0 saturated carbocycles. The van der Waals surface area contributed by atoms with Gasteiger partial charge >= 0.3 is 12.2 Å². The highest BCUT2D eigenvalue weighted by Crippen LogP contribution is 2.36. The molecule has 0 bridgehead atoms. The summed E-state index contributed by atoms with van der Waals surface area (Å²) in [5, 5.41) is 2.72. The van der Waals surface area contributed by atoms with Gasteiger partial charge in [-0.2, -0.15) is 13.2 Å². The fourth-order valence-electron chi connectivity index (χ4n) is 2.72. The van der Waals surface area contributed by atoms with Crippen molar-refractivity contribution in [3.63, 3.8) is 0 Å². The molecule has 0 fully saturated rings. The predicted molar refractivity (Wildman–Crippen MR) is 91.0 cm³/mol. The van der Waals surface area contributed by atoms with Crippen molar-refractivity contribution >= 4 is 34.9 Å². The highest BCUT2D eigenvalue weighted by atomic mass is 35.5. The molecule has 3 rings (SSSR count). The fourth-order valence-corrected chi connectivity index (χ4v) is 3.14. The zero-order chi connectivity index (χ0) is 18.2. The number of nitrogens with zero attached hydrogens (tertiary/aromatic N) is 1. The molecule has 0 spiro atoms. The number of hydrogen-bond donors (Lipinski definition) is 1. The molecule has 132 valence electrons. The molecule has 8 heteroatoms. The SMILES string of the molecule is O=C(Nc1ccc(Cl)c(C(F)(F)F)c1)N1CCc2cc(Cl)ccc2C1. The van der Waals surface area contributed by atoms with E-state index in [9.17, 15) is 18.0 Å². The van der Waals surface area contributed by atoms with E-state index in [2.05, 4.69) is 5.32 Å². The van der Waals surface area contributed by atoms with Gasteiger partial charge < -0.3 is 10.2 Å². The standard InChI is InChI=1S/C17H13Cl2F3N2O/c18-12-2-1-11-9-24(6-5-10(11)7-12)16(25)23-13-3-4-15(19)14(8-13)17(20,21)22/h1-4,7-8H,5-6,9H2,(H,23,25). The molecule has 0 aliphatic carbocycles. The number of carbonyl (C=O) groups excluding carboxylic acids is 1. The number of urea groups is 1. The maximum absolute atomic E-state index is 12.9. The molecule has 2 amide bonds. The van der Waals surface area contributed by atoms with Gasteiger partial charge in [0.2, 0.25) is 0 Å². The van der Waals surface area contributed by atoms with E-state index < -0.39 is 22.8 Å². The van der Waals surface area contributed by atoms with Crippen molar-refractivity contribution in [2.75, 3.05) is 11.9 Å². The summed E-state index contributed by atoms with van der Waals surface area (Å²) in [5.41, 5.74) is 1.11. The van der Waals surface area contributed by atoms with Crippen molar-refractivity contribution in [1.82, 2.24) is 4.90 Å². The van der Waals surface area contributed by atoms with Crippen LogP contribution < -0.4 is 5.32 Å². The lowest BCUT2D eigenvalue weighted by atomic mass is 10.0. The number of halogens is 5. The summed E-state index contributed by atoms with van der Waals surface area (Å²) in [4.78, 5) is 13.9. The van der Waals surface area contributed by atoms with Gasteiger partial charge in [0.25, 0.3) is 0 Å². The van der Waals surface area contributed by atoms with Crippen molar-refractivity contribution < 1.29 is 18.0 Å². The number of benzene rings is 2. The number of anilines is 1. The van der Waals surface area contributed by atoms with Crippen LogP contribution in [0.4, 0.5) is 23.7 Å². The number of carbonyl (C=O) groups is 1. The summed E-state index contributed by atoms with van der Waals surface area (Å²) in [6.45, 7) is 0.830. The third-order valence-electron chi connectivity index (χ3n) is 3.99. The highest BCUT2D eigenvalue weighted by Gasteiger charge is 2.33. The number of nitrogens with one attached hydrogen (secondary N) is 1. The third kappa shape index (κ3) is 4.02. The summed E-state index contributed by atoms with van der Waals surface area (Å²) in [6.07, 6.45) is -3.95. The van der Waals surface area contributed by atoms with Crippen molar-refractivity contribution in [2.45, 2.75) is 19.1 Å². The highest BCUT2D eigenvalue weighted by molar-refractivity contribution is 6.31. The molecule has 0 radical (unpaired) electrons. The van der Waals surface area contributed by atoms with Crippen LogP contribution in [0.3, 0.4) is 0 Å². The Morgan fingerprint density at radius 3 is 2.56 bits per heavy atom. The molecule has 1 aliphatic heterocycles. The Labute approximate surface area is 152 Å². The third-order valence-corrected chi connectivity index (χ3v) is 4.56. The molecule has 0 aromatic heterocycles. The first-order chi connectivity index (χ1) is 11.7. The fraction of sp³-hybridized carbons (Fsp3) is 0.235. The van der Waals surface area contributed by atoms with Crippen LogP contribution in [0.2, 0.25) is 10.0 Å². The molecule has 3 nitrogen and oxygen atoms in total. The van der Waals surface area contributed by atoms with E-state index in [1.807, 2.05) is 12.1 Å². The molecule has 25 heavy (non-hydrogen) atoms. The lowest BCUT2D eigenvalue weighted by Gasteiger charge is -2.29. The average molecular weight is 389 g/mol. The topological polar surface area (TPSA) is 32.3 Å². The first-order valence-corrected chi connectivity index (χ1v) is 8.19. The molecular formula is C17H13Cl2F3N2O. The Balaban J connectivity index is 1.74. The lowest BCUT2D eigenvalue weighted by Crippen LogP contribution is -2.38. The summed E-state index contributed by atoms with van der Waals surface area (Å²) >= 11 is 11.5. The maximum atomic E-state index is 12.9. The summed E-state index contributed by atoms with van der Waals surface area (Å²) < 4.78 is 38.7. The number of hydrogen-bond acceptors (Lipinski definition) is 1. The minimum Gasteiger partial charge on any atom is -0.320 e. The van der Waals surface area contributed by atoms with Gasteiger partial charge in [-0.1, -0.05) is 29.3 Å². The number of rotatable bonds is 1. The van der Waals surface area contributed by atoms with Crippen LogP contribution in [0.25, 0.3) is 0 Å². The molecule has 2 aromatic carbocycles. The molecule has 0 saturated heterocycles.